The maximum Gasteiger partial charge on any atom is 0.335 e. The van der Waals surface area contributed by atoms with Crippen molar-refractivity contribution < 1.29 is 14.7 Å². The fourth-order valence-corrected chi connectivity index (χ4v) is 2.18. The van der Waals surface area contributed by atoms with E-state index in [4.69, 9.17) is 5.11 Å². The first-order valence-corrected chi connectivity index (χ1v) is 5.79. The van der Waals surface area contributed by atoms with Crippen LogP contribution in [0, 0.1) is 12.8 Å². The average molecular weight is 245 g/mol. The molecule has 1 aliphatic rings. The molecule has 0 aromatic heterocycles. The summed E-state index contributed by atoms with van der Waals surface area (Å²) in [6.07, 6.45) is 2.21. The van der Waals surface area contributed by atoms with Gasteiger partial charge in [-0.3, -0.25) is 4.79 Å². The van der Waals surface area contributed by atoms with Crippen molar-refractivity contribution in [3.05, 3.63) is 42.0 Å². The Balaban J connectivity index is 2.36. The Bertz CT molecular complexity index is 522. The molecule has 1 atom stereocenters. The van der Waals surface area contributed by atoms with E-state index < -0.39 is 5.97 Å². The third-order valence-corrected chi connectivity index (χ3v) is 3.11. The Morgan fingerprint density at radius 3 is 2.78 bits per heavy atom. The molecule has 2 rings (SSSR count). The standard InChI is InChI=1S/C14H15NO3/c1-3-10-6-13(16)15(8-10)12-5-9(2)4-11(7-12)14(17)18/h3-5,7,10H,1,6,8H2,2H3,(H,17,18). The summed E-state index contributed by atoms with van der Waals surface area (Å²) in [6, 6.07) is 4.96. The van der Waals surface area contributed by atoms with Gasteiger partial charge in [0.05, 0.1) is 5.56 Å². The predicted octanol–water partition coefficient (Wildman–Crippen LogP) is 2.23. The van der Waals surface area contributed by atoms with Gasteiger partial charge in [0.15, 0.2) is 0 Å². The number of carboxylic acids is 1. The number of amides is 1. The third kappa shape index (κ3) is 2.27. The maximum atomic E-state index is 11.9. The lowest BCUT2D eigenvalue weighted by molar-refractivity contribution is -0.117. The third-order valence-electron chi connectivity index (χ3n) is 3.11. The minimum absolute atomic E-state index is 0.0156. The van der Waals surface area contributed by atoms with Gasteiger partial charge in [0, 0.05) is 24.6 Å². The van der Waals surface area contributed by atoms with Crippen molar-refractivity contribution >= 4 is 17.6 Å². The first kappa shape index (κ1) is 12.4. The molecule has 1 saturated heterocycles. The van der Waals surface area contributed by atoms with Crippen LogP contribution < -0.4 is 4.90 Å². The van der Waals surface area contributed by atoms with Crippen LogP contribution in [0.4, 0.5) is 5.69 Å². The zero-order valence-corrected chi connectivity index (χ0v) is 10.2. The summed E-state index contributed by atoms with van der Waals surface area (Å²) >= 11 is 0. The number of hydrogen-bond acceptors (Lipinski definition) is 2. The highest BCUT2D eigenvalue weighted by Gasteiger charge is 2.29. The molecular formula is C14H15NO3. The lowest BCUT2D eigenvalue weighted by Crippen LogP contribution is -2.24. The molecule has 1 unspecified atom stereocenters. The summed E-state index contributed by atoms with van der Waals surface area (Å²) < 4.78 is 0. The van der Waals surface area contributed by atoms with Gasteiger partial charge in [-0.05, 0) is 30.7 Å². The van der Waals surface area contributed by atoms with E-state index in [-0.39, 0.29) is 17.4 Å². The van der Waals surface area contributed by atoms with E-state index in [1.807, 2.05) is 13.0 Å². The van der Waals surface area contributed by atoms with Gasteiger partial charge in [-0.2, -0.15) is 0 Å². The Morgan fingerprint density at radius 1 is 1.50 bits per heavy atom. The number of hydrogen-bond donors (Lipinski definition) is 1. The molecule has 0 saturated carbocycles. The lowest BCUT2D eigenvalue weighted by Gasteiger charge is -2.17. The molecule has 0 aliphatic carbocycles. The van der Waals surface area contributed by atoms with Crippen molar-refractivity contribution in [3.8, 4) is 0 Å². The summed E-state index contributed by atoms with van der Waals surface area (Å²) in [5.41, 5.74) is 1.70. The number of carbonyl (C=O) groups excluding carboxylic acids is 1. The number of aryl methyl sites for hydroxylation is 1. The van der Waals surface area contributed by atoms with Crippen LogP contribution in [-0.2, 0) is 4.79 Å². The topological polar surface area (TPSA) is 57.6 Å². The van der Waals surface area contributed by atoms with Crippen molar-refractivity contribution in [1.29, 1.82) is 0 Å². The maximum absolute atomic E-state index is 11.9. The molecule has 0 bridgehead atoms. The quantitative estimate of drug-likeness (QED) is 0.831. The molecule has 18 heavy (non-hydrogen) atoms. The SMILES string of the molecule is C=CC1CC(=O)N(c2cc(C)cc(C(=O)O)c2)C1. The van der Waals surface area contributed by atoms with Gasteiger partial charge in [-0.25, -0.2) is 4.79 Å². The number of aromatic carboxylic acids is 1. The fraction of sp³-hybridized carbons (Fsp3) is 0.286. The number of rotatable bonds is 3. The first-order chi connectivity index (χ1) is 8.51. The number of anilines is 1. The Hall–Kier alpha value is -2.10. The number of carbonyl (C=O) groups is 2. The lowest BCUT2D eigenvalue weighted by atomic mass is 10.1. The molecule has 4 nitrogen and oxygen atoms in total. The van der Waals surface area contributed by atoms with Gasteiger partial charge in [-0.1, -0.05) is 6.08 Å². The van der Waals surface area contributed by atoms with E-state index in [0.29, 0.717) is 18.7 Å². The minimum Gasteiger partial charge on any atom is -0.478 e. The van der Waals surface area contributed by atoms with Gasteiger partial charge < -0.3 is 10.0 Å². The van der Waals surface area contributed by atoms with Crippen LogP contribution in [0.3, 0.4) is 0 Å². The van der Waals surface area contributed by atoms with E-state index in [9.17, 15) is 9.59 Å². The minimum atomic E-state index is -0.980. The highest BCUT2D eigenvalue weighted by Crippen LogP contribution is 2.27. The van der Waals surface area contributed by atoms with E-state index in [2.05, 4.69) is 6.58 Å². The monoisotopic (exact) mass is 245 g/mol. The molecule has 94 valence electrons. The van der Waals surface area contributed by atoms with Gasteiger partial charge in [-0.15, -0.1) is 6.58 Å². The number of nitrogens with zero attached hydrogens (tertiary/aromatic N) is 1. The zero-order valence-electron chi connectivity index (χ0n) is 10.2. The molecule has 1 heterocycles. The zero-order chi connectivity index (χ0) is 13.3. The van der Waals surface area contributed by atoms with Gasteiger partial charge in [0.1, 0.15) is 0 Å². The second-order valence-electron chi connectivity index (χ2n) is 4.57. The highest BCUT2D eigenvalue weighted by atomic mass is 16.4. The summed E-state index contributed by atoms with van der Waals surface area (Å²) in [5.74, 6) is -0.819. The summed E-state index contributed by atoms with van der Waals surface area (Å²) in [4.78, 5) is 24.5. The summed E-state index contributed by atoms with van der Waals surface area (Å²) in [6.45, 7) is 6.09. The van der Waals surface area contributed by atoms with Crippen molar-refractivity contribution in [2.75, 3.05) is 11.4 Å². The van der Waals surface area contributed by atoms with Crippen LogP contribution in [0.15, 0.2) is 30.9 Å². The van der Waals surface area contributed by atoms with E-state index in [1.54, 1.807) is 23.1 Å². The highest BCUT2D eigenvalue weighted by molar-refractivity contribution is 5.97. The number of benzene rings is 1. The second kappa shape index (κ2) is 4.64. The Kier molecular flexibility index (Phi) is 3.19. The Morgan fingerprint density at radius 2 is 2.22 bits per heavy atom. The van der Waals surface area contributed by atoms with Gasteiger partial charge >= 0.3 is 5.97 Å². The van der Waals surface area contributed by atoms with Crippen LogP contribution in [0.25, 0.3) is 0 Å². The van der Waals surface area contributed by atoms with Crippen LogP contribution in [0.2, 0.25) is 0 Å². The van der Waals surface area contributed by atoms with Crippen LogP contribution in [0.5, 0.6) is 0 Å². The van der Waals surface area contributed by atoms with Crippen LogP contribution in [-0.4, -0.2) is 23.5 Å². The molecule has 1 aromatic rings. The molecule has 0 radical (unpaired) electrons. The van der Waals surface area contributed by atoms with Crippen LogP contribution in [0.1, 0.15) is 22.3 Å². The second-order valence-corrected chi connectivity index (χ2v) is 4.57. The predicted molar refractivity (Wildman–Crippen MR) is 68.8 cm³/mol. The molecule has 1 N–H and O–H groups in total. The normalized spacial score (nSPS) is 19.1. The molecule has 0 spiro atoms. The first-order valence-electron chi connectivity index (χ1n) is 5.79. The average Bonchev–Trinajstić information content (AvgIpc) is 2.69. The van der Waals surface area contributed by atoms with Crippen molar-refractivity contribution in [2.24, 2.45) is 5.92 Å². The fourth-order valence-electron chi connectivity index (χ4n) is 2.18. The molecule has 4 heteroatoms. The summed E-state index contributed by atoms with van der Waals surface area (Å²) in [7, 11) is 0. The van der Waals surface area contributed by atoms with Crippen LogP contribution >= 0.6 is 0 Å². The Labute approximate surface area is 106 Å². The molecule has 1 aromatic carbocycles. The molecule has 1 aliphatic heterocycles. The molecule has 1 fully saturated rings. The van der Waals surface area contributed by atoms with E-state index >= 15 is 0 Å². The van der Waals surface area contributed by atoms with E-state index in [1.165, 1.54) is 0 Å². The summed E-state index contributed by atoms with van der Waals surface area (Å²) in [5, 5.41) is 9.02. The van der Waals surface area contributed by atoms with Crippen molar-refractivity contribution in [1.82, 2.24) is 0 Å². The van der Waals surface area contributed by atoms with Crippen molar-refractivity contribution in [2.45, 2.75) is 13.3 Å². The van der Waals surface area contributed by atoms with Gasteiger partial charge in [0.25, 0.3) is 0 Å². The van der Waals surface area contributed by atoms with E-state index in [0.717, 1.165) is 5.56 Å². The smallest absolute Gasteiger partial charge is 0.335 e. The largest absolute Gasteiger partial charge is 0.478 e. The number of carboxylic acid groups (broad SMARTS) is 1. The molecule has 1 amide bonds. The van der Waals surface area contributed by atoms with Gasteiger partial charge in [0.2, 0.25) is 5.91 Å². The molecular weight excluding hydrogens is 230 g/mol. The van der Waals surface area contributed by atoms with Crippen molar-refractivity contribution in [3.63, 3.8) is 0 Å².